The molecule has 4 N–H and O–H groups in total. The summed E-state index contributed by atoms with van der Waals surface area (Å²) in [6.45, 7) is 3.01. The fourth-order valence-corrected chi connectivity index (χ4v) is 4.56. The molecule has 0 saturated carbocycles. The molecule has 0 aliphatic carbocycles. The van der Waals surface area contributed by atoms with Gasteiger partial charge < -0.3 is 20.7 Å². The van der Waals surface area contributed by atoms with Crippen molar-refractivity contribution in [2.75, 3.05) is 19.7 Å². The Morgan fingerprint density at radius 3 is 2.27 bits per heavy atom. The third-order valence-corrected chi connectivity index (χ3v) is 6.71. The molecule has 4 aromatic rings. The number of ether oxygens (including phenoxy) is 1. The minimum Gasteiger partial charge on any atom is -0.493 e. The Kier molecular flexibility index (Phi) is 7.83. The van der Waals surface area contributed by atoms with Crippen LogP contribution in [0.15, 0.2) is 60.8 Å². The van der Waals surface area contributed by atoms with E-state index in [9.17, 15) is 23.2 Å². The molecule has 0 unspecified atom stereocenters. The number of ketones is 1. The van der Waals surface area contributed by atoms with Crippen molar-refractivity contribution in [2.24, 2.45) is 0 Å². The average molecular weight is 548 g/mol. The SMILES string of the molecule is CCCOc1ccc(F)c(F)c1C(=O)c1ccc(C(=O)N[C@@H]2CNC[C@H]2NC(=O)c2ccc3cn[nH]c3c2)cc1. The van der Waals surface area contributed by atoms with Crippen molar-refractivity contribution in [3.8, 4) is 5.75 Å². The molecule has 3 aromatic carbocycles. The lowest BCUT2D eigenvalue weighted by molar-refractivity contribution is 0.0896. The first kappa shape index (κ1) is 26.9. The summed E-state index contributed by atoms with van der Waals surface area (Å²) in [5.41, 5.74) is 1.05. The molecule has 206 valence electrons. The number of hydrogen-bond donors (Lipinski definition) is 4. The predicted octanol–water partition coefficient (Wildman–Crippen LogP) is 3.36. The van der Waals surface area contributed by atoms with Crippen LogP contribution in [0.1, 0.15) is 50.0 Å². The van der Waals surface area contributed by atoms with Crippen LogP contribution in [0.3, 0.4) is 0 Å². The van der Waals surface area contributed by atoms with Gasteiger partial charge in [-0.25, -0.2) is 8.78 Å². The number of amides is 2. The van der Waals surface area contributed by atoms with E-state index < -0.39 is 28.9 Å². The van der Waals surface area contributed by atoms with E-state index in [0.29, 0.717) is 25.1 Å². The fourth-order valence-electron chi connectivity index (χ4n) is 4.56. The van der Waals surface area contributed by atoms with Crippen LogP contribution >= 0.6 is 0 Å². The summed E-state index contributed by atoms with van der Waals surface area (Å²) in [4.78, 5) is 38.8. The van der Waals surface area contributed by atoms with E-state index in [4.69, 9.17) is 4.74 Å². The molecule has 1 fully saturated rings. The second kappa shape index (κ2) is 11.6. The molecule has 11 heteroatoms. The van der Waals surface area contributed by atoms with Gasteiger partial charge in [0.1, 0.15) is 11.3 Å². The minimum atomic E-state index is -1.29. The summed E-state index contributed by atoms with van der Waals surface area (Å²) >= 11 is 0. The van der Waals surface area contributed by atoms with Crippen LogP contribution in [-0.2, 0) is 0 Å². The van der Waals surface area contributed by atoms with Crippen LogP contribution in [0, 0.1) is 11.6 Å². The highest BCUT2D eigenvalue weighted by Gasteiger charge is 2.30. The molecule has 1 aliphatic rings. The molecular formula is C29H27F2N5O4. The number of hydrogen-bond acceptors (Lipinski definition) is 6. The first-order chi connectivity index (χ1) is 19.4. The second-order valence-electron chi connectivity index (χ2n) is 9.48. The molecule has 2 atom stereocenters. The third kappa shape index (κ3) is 5.55. The van der Waals surface area contributed by atoms with Gasteiger partial charge in [-0.15, -0.1) is 0 Å². The van der Waals surface area contributed by atoms with E-state index in [1.165, 1.54) is 30.3 Å². The Morgan fingerprint density at radius 1 is 0.925 bits per heavy atom. The number of nitrogens with zero attached hydrogens (tertiary/aromatic N) is 1. The summed E-state index contributed by atoms with van der Waals surface area (Å²) in [5.74, 6) is -3.93. The van der Waals surface area contributed by atoms with Gasteiger partial charge in [0.15, 0.2) is 17.4 Å². The van der Waals surface area contributed by atoms with E-state index in [1.807, 2.05) is 6.92 Å². The van der Waals surface area contributed by atoms with Gasteiger partial charge >= 0.3 is 0 Å². The van der Waals surface area contributed by atoms with Crippen molar-refractivity contribution < 1.29 is 27.9 Å². The maximum atomic E-state index is 14.6. The first-order valence-electron chi connectivity index (χ1n) is 12.9. The van der Waals surface area contributed by atoms with Crippen molar-refractivity contribution in [2.45, 2.75) is 25.4 Å². The minimum absolute atomic E-state index is 0.0427. The lowest BCUT2D eigenvalue weighted by Crippen LogP contribution is -2.51. The normalized spacial score (nSPS) is 16.6. The van der Waals surface area contributed by atoms with Crippen LogP contribution < -0.4 is 20.7 Å². The van der Waals surface area contributed by atoms with Crippen LogP contribution in [0.5, 0.6) is 5.75 Å². The Balaban J connectivity index is 1.25. The van der Waals surface area contributed by atoms with Gasteiger partial charge in [-0.3, -0.25) is 19.5 Å². The quantitative estimate of drug-likeness (QED) is 0.238. The Morgan fingerprint density at radius 2 is 1.57 bits per heavy atom. The highest BCUT2D eigenvalue weighted by atomic mass is 19.2. The van der Waals surface area contributed by atoms with Gasteiger partial charge in [0.05, 0.1) is 30.4 Å². The summed E-state index contributed by atoms with van der Waals surface area (Å²) in [6.07, 6.45) is 2.29. The summed E-state index contributed by atoms with van der Waals surface area (Å²) in [5, 5.41) is 16.7. The number of carbonyl (C=O) groups is 3. The van der Waals surface area contributed by atoms with Crippen LogP contribution in [0.4, 0.5) is 8.78 Å². The molecule has 2 amide bonds. The molecule has 0 spiro atoms. The maximum Gasteiger partial charge on any atom is 0.251 e. The number of nitrogens with one attached hydrogen (secondary N) is 4. The van der Waals surface area contributed by atoms with Gasteiger partial charge in [0, 0.05) is 35.2 Å². The van der Waals surface area contributed by atoms with Crippen LogP contribution in [0.2, 0.25) is 0 Å². The molecular weight excluding hydrogens is 520 g/mol. The zero-order chi connectivity index (χ0) is 28.2. The molecule has 0 radical (unpaired) electrons. The predicted molar refractivity (Wildman–Crippen MR) is 143 cm³/mol. The zero-order valence-corrected chi connectivity index (χ0v) is 21.6. The number of H-pyrrole nitrogens is 1. The van der Waals surface area contributed by atoms with Gasteiger partial charge in [-0.1, -0.05) is 25.1 Å². The van der Waals surface area contributed by atoms with E-state index in [-0.39, 0.29) is 41.5 Å². The highest BCUT2D eigenvalue weighted by molar-refractivity contribution is 6.11. The second-order valence-corrected chi connectivity index (χ2v) is 9.48. The molecule has 40 heavy (non-hydrogen) atoms. The first-order valence-corrected chi connectivity index (χ1v) is 12.9. The lowest BCUT2D eigenvalue weighted by Gasteiger charge is -2.21. The van der Waals surface area contributed by atoms with Crippen molar-refractivity contribution in [1.82, 2.24) is 26.1 Å². The van der Waals surface area contributed by atoms with E-state index in [1.54, 1.807) is 24.4 Å². The number of halogens is 2. The van der Waals surface area contributed by atoms with E-state index >= 15 is 0 Å². The maximum absolute atomic E-state index is 14.6. The number of fused-ring (bicyclic) bond motifs is 1. The number of rotatable bonds is 9. The molecule has 1 aromatic heterocycles. The molecule has 0 bridgehead atoms. The van der Waals surface area contributed by atoms with Gasteiger partial charge in [-0.2, -0.15) is 5.10 Å². The van der Waals surface area contributed by atoms with Crippen molar-refractivity contribution in [1.29, 1.82) is 0 Å². The highest BCUT2D eigenvalue weighted by Crippen LogP contribution is 2.27. The summed E-state index contributed by atoms with van der Waals surface area (Å²) in [6, 6.07) is 12.2. The Labute approximate surface area is 228 Å². The monoisotopic (exact) mass is 547 g/mol. The van der Waals surface area contributed by atoms with Crippen molar-refractivity contribution in [3.63, 3.8) is 0 Å². The molecule has 5 rings (SSSR count). The average Bonchev–Trinajstić information content (AvgIpc) is 3.62. The molecule has 9 nitrogen and oxygen atoms in total. The summed E-state index contributed by atoms with van der Waals surface area (Å²) in [7, 11) is 0. The molecule has 1 aliphatic heterocycles. The smallest absolute Gasteiger partial charge is 0.251 e. The summed E-state index contributed by atoms with van der Waals surface area (Å²) < 4.78 is 33.9. The lowest BCUT2D eigenvalue weighted by atomic mass is 10.00. The van der Waals surface area contributed by atoms with Gasteiger partial charge in [-0.05, 0) is 42.8 Å². The molecule has 1 saturated heterocycles. The topological polar surface area (TPSA) is 125 Å². The van der Waals surface area contributed by atoms with Gasteiger partial charge in [0.2, 0.25) is 0 Å². The fraction of sp³-hybridized carbons (Fsp3) is 0.241. The van der Waals surface area contributed by atoms with E-state index in [2.05, 4.69) is 26.1 Å². The number of benzene rings is 3. The van der Waals surface area contributed by atoms with Crippen LogP contribution in [0.25, 0.3) is 10.9 Å². The van der Waals surface area contributed by atoms with Crippen LogP contribution in [-0.4, -0.2) is 59.6 Å². The third-order valence-electron chi connectivity index (χ3n) is 6.71. The van der Waals surface area contributed by atoms with Gasteiger partial charge in [0.25, 0.3) is 11.8 Å². The Bertz CT molecular complexity index is 1570. The molecule has 2 heterocycles. The van der Waals surface area contributed by atoms with E-state index in [0.717, 1.165) is 17.0 Å². The number of aromatic nitrogens is 2. The van der Waals surface area contributed by atoms with Crippen molar-refractivity contribution in [3.05, 3.63) is 94.7 Å². The standard InChI is InChI=1S/C29H27F2N5O4/c1-2-11-40-24-10-9-20(30)26(31)25(24)27(37)16-3-5-17(6-4-16)28(38)34-22-14-32-15-23(22)35-29(39)18-7-8-19-13-33-36-21(19)12-18/h3-10,12-13,22-23,32H,2,11,14-15H2,1H3,(H,33,36)(H,34,38)(H,35,39)/t22-,23-/m1/s1. The number of carbonyl (C=O) groups excluding carboxylic acids is 3. The number of aromatic amines is 1. The Hall–Kier alpha value is -4.64. The largest absolute Gasteiger partial charge is 0.493 e. The van der Waals surface area contributed by atoms with Crippen molar-refractivity contribution >= 4 is 28.5 Å². The zero-order valence-electron chi connectivity index (χ0n) is 21.6.